The minimum Gasteiger partial charge on any atom is -0.390 e. The highest BCUT2D eigenvalue weighted by molar-refractivity contribution is 4.93. The van der Waals surface area contributed by atoms with E-state index in [1.165, 1.54) is 0 Å². The maximum absolute atomic E-state index is 13.4. The molecule has 0 amide bonds. The number of aliphatic hydroxyl groups is 2. The fourth-order valence-electron chi connectivity index (χ4n) is 1.80. The fourth-order valence-corrected chi connectivity index (χ4v) is 1.80. The highest BCUT2D eigenvalue weighted by atomic mass is 19.4. The summed E-state index contributed by atoms with van der Waals surface area (Å²) in [5.74, 6) is -25.6. The molecular formula is C14H14F18N2O4. The number of halogens is 18. The van der Waals surface area contributed by atoms with Crippen LogP contribution in [0.1, 0.15) is 0 Å². The number of hydrogen-bond donors (Lipinski definition) is 4. The number of ether oxygens (including phenoxy) is 2. The first kappa shape index (κ1) is 36.5. The molecule has 0 aromatic heterocycles. The maximum atomic E-state index is 13.4. The van der Waals surface area contributed by atoms with Crippen molar-refractivity contribution < 1.29 is 98.7 Å². The predicted molar refractivity (Wildman–Crippen MR) is 81.7 cm³/mol. The zero-order chi connectivity index (χ0) is 30.8. The van der Waals surface area contributed by atoms with Gasteiger partial charge in [0.15, 0.2) is 0 Å². The lowest BCUT2D eigenvalue weighted by Crippen LogP contribution is -2.61. The topological polar surface area (TPSA) is 83.0 Å². The Morgan fingerprint density at radius 2 is 0.737 bits per heavy atom. The third-order valence-corrected chi connectivity index (χ3v) is 3.97. The minimum atomic E-state index is -6.78. The van der Waals surface area contributed by atoms with Gasteiger partial charge in [-0.3, -0.25) is 20.1 Å². The Balaban J connectivity index is 5.17. The Kier molecular flexibility index (Phi) is 11.1. The summed E-state index contributed by atoms with van der Waals surface area (Å²) in [7, 11) is 0. The minimum absolute atomic E-state index is 0.394. The summed E-state index contributed by atoms with van der Waals surface area (Å²) in [6.45, 7) is -9.75. The molecule has 0 saturated heterocycles. The van der Waals surface area contributed by atoms with Gasteiger partial charge in [-0.05, 0) is 0 Å². The van der Waals surface area contributed by atoms with Crippen molar-refractivity contribution in [2.45, 2.75) is 60.7 Å². The Morgan fingerprint density at radius 1 is 0.500 bits per heavy atom. The molecule has 0 rings (SSSR count). The monoisotopic (exact) mass is 616 g/mol. The molecular weight excluding hydrogens is 602 g/mol. The van der Waals surface area contributed by atoms with Gasteiger partial charge in [-0.15, -0.1) is 0 Å². The smallest absolute Gasteiger partial charge is 0.390 e. The molecule has 0 fully saturated rings. The molecule has 0 spiro atoms. The van der Waals surface area contributed by atoms with Gasteiger partial charge in [0.1, 0.15) is 13.2 Å². The Morgan fingerprint density at radius 3 is 0.947 bits per heavy atom. The molecule has 0 aliphatic rings. The molecule has 2 atom stereocenters. The van der Waals surface area contributed by atoms with E-state index in [0.717, 1.165) is 0 Å². The van der Waals surface area contributed by atoms with Gasteiger partial charge >= 0.3 is 48.0 Å². The molecule has 2 unspecified atom stereocenters. The number of alkyl halides is 18. The second kappa shape index (κ2) is 11.5. The van der Waals surface area contributed by atoms with Crippen LogP contribution >= 0.6 is 0 Å². The lowest BCUT2D eigenvalue weighted by atomic mass is 10.1. The van der Waals surface area contributed by atoms with Crippen LogP contribution in [0, 0.1) is 0 Å². The summed E-state index contributed by atoms with van der Waals surface area (Å²) < 4.78 is 240. The van der Waals surface area contributed by atoms with Gasteiger partial charge in [0.25, 0.3) is 12.7 Å². The summed E-state index contributed by atoms with van der Waals surface area (Å²) in [4.78, 5) is 0. The van der Waals surface area contributed by atoms with Crippen LogP contribution in [0.3, 0.4) is 0 Å². The second-order valence-electron chi connectivity index (χ2n) is 6.87. The van der Waals surface area contributed by atoms with Gasteiger partial charge in [0.2, 0.25) is 0 Å². The van der Waals surface area contributed by atoms with Crippen molar-refractivity contribution in [1.29, 1.82) is 0 Å². The van der Waals surface area contributed by atoms with E-state index >= 15 is 0 Å². The van der Waals surface area contributed by atoms with E-state index in [9.17, 15) is 79.0 Å². The zero-order valence-corrected chi connectivity index (χ0v) is 17.5. The highest BCUT2D eigenvalue weighted by Gasteiger charge is 2.75. The average Bonchev–Trinajstić information content (AvgIpc) is 2.75. The number of hydrogen-bond acceptors (Lipinski definition) is 6. The summed E-state index contributed by atoms with van der Waals surface area (Å²) in [5, 5.41) is 16.8. The first-order chi connectivity index (χ1) is 16.6. The molecule has 0 radical (unpaired) electrons. The molecule has 4 N–H and O–H groups in total. The van der Waals surface area contributed by atoms with Crippen LogP contribution in [-0.4, -0.2) is 97.2 Å². The van der Waals surface area contributed by atoms with Gasteiger partial charge in [-0.2, -0.15) is 70.2 Å². The zero-order valence-electron chi connectivity index (χ0n) is 17.5. The molecule has 0 saturated carbocycles. The summed E-state index contributed by atoms with van der Waals surface area (Å²) in [6, 6.07) is -11.2. The van der Waals surface area contributed by atoms with E-state index in [1.54, 1.807) is 0 Å². The lowest BCUT2D eigenvalue weighted by Gasteiger charge is -2.33. The van der Waals surface area contributed by atoms with Crippen molar-refractivity contribution in [3.05, 3.63) is 0 Å². The third-order valence-electron chi connectivity index (χ3n) is 3.97. The van der Waals surface area contributed by atoms with Gasteiger partial charge in [0.05, 0.1) is 0 Å². The molecule has 0 bridgehead atoms. The maximum Gasteiger partial charge on any atom is 0.428 e. The molecule has 0 aliphatic heterocycles. The van der Waals surface area contributed by atoms with Crippen LogP contribution in [0.15, 0.2) is 0 Å². The van der Waals surface area contributed by atoms with Crippen molar-refractivity contribution in [1.82, 2.24) is 10.6 Å². The van der Waals surface area contributed by atoms with Crippen molar-refractivity contribution in [2.75, 3.05) is 26.3 Å². The molecule has 6 nitrogen and oxygen atoms in total. The van der Waals surface area contributed by atoms with E-state index in [-0.39, 0.29) is 0 Å². The van der Waals surface area contributed by atoms with E-state index < -0.39 is 87.0 Å². The van der Waals surface area contributed by atoms with Gasteiger partial charge in [0, 0.05) is 13.1 Å². The second-order valence-corrected chi connectivity index (χ2v) is 6.87. The molecule has 0 aromatic rings. The van der Waals surface area contributed by atoms with Gasteiger partial charge in [-0.1, -0.05) is 0 Å². The van der Waals surface area contributed by atoms with Crippen LogP contribution in [0.25, 0.3) is 0 Å². The average molecular weight is 616 g/mol. The SMILES string of the molecule is OCC(F)(F)C(F)(F)C(F)(F)OC(F)C(F)(F)NCCNC(F)(F)C(F)OC(F)(F)C(F)(F)C(F)(F)CO. The van der Waals surface area contributed by atoms with Crippen LogP contribution in [0.4, 0.5) is 79.0 Å². The number of aliphatic hydroxyl groups excluding tert-OH is 2. The quantitative estimate of drug-likeness (QED) is 0.114. The van der Waals surface area contributed by atoms with E-state index in [1.807, 2.05) is 0 Å². The van der Waals surface area contributed by atoms with E-state index in [2.05, 4.69) is 9.47 Å². The first-order valence-corrected chi connectivity index (χ1v) is 8.96. The van der Waals surface area contributed by atoms with Crippen molar-refractivity contribution in [2.24, 2.45) is 0 Å². The van der Waals surface area contributed by atoms with Crippen molar-refractivity contribution >= 4 is 0 Å². The molecule has 0 aromatic carbocycles. The molecule has 38 heavy (non-hydrogen) atoms. The summed E-state index contributed by atoms with van der Waals surface area (Å²) >= 11 is 0. The third kappa shape index (κ3) is 7.57. The number of nitrogens with one attached hydrogen (secondary N) is 2. The van der Waals surface area contributed by atoms with Crippen LogP contribution in [0.2, 0.25) is 0 Å². The van der Waals surface area contributed by atoms with Gasteiger partial charge < -0.3 is 10.2 Å². The van der Waals surface area contributed by atoms with E-state index in [0.29, 0.717) is 10.6 Å². The largest absolute Gasteiger partial charge is 0.428 e. The van der Waals surface area contributed by atoms with Crippen molar-refractivity contribution in [3.63, 3.8) is 0 Å². The number of rotatable bonds is 17. The van der Waals surface area contributed by atoms with Crippen LogP contribution in [-0.2, 0) is 9.47 Å². The molecule has 230 valence electrons. The lowest BCUT2D eigenvalue weighted by molar-refractivity contribution is -0.436. The highest BCUT2D eigenvalue weighted by Crippen LogP contribution is 2.48. The van der Waals surface area contributed by atoms with Crippen LogP contribution in [0.5, 0.6) is 0 Å². The Bertz CT molecular complexity index is 705. The molecule has 0 heterocycles. The molecule has 24 heteroatoms. The first-order valence-electron chi connectivity index (χ1n) is 8.96. The fraction of sp³-hybridized carbons (Fsp3) is 1.00. The van der Waals surface area contributed by atoms with Crippen LogP contribution < -0.4 is 10.6 Å². The predicted octanol–water partition coefficient (Wildman–Crippen LogP) is 3.69. The van der Waals surface area contributed by atoms with E-state index in [4.69, 9.17) is 10.2 Å². The van der Waals surface area contributed by atoms with Crippen molar-refractivity contribution in [3.8, 4) is 0 Å². The standard InChI is InChI=1S/C14H14F18N2O4/c15-5(37-13(29,30)11(25,26)7(17,18)3-35)9(21,22)33-1-2-34-10(23,24)6(16)38-14(31,32)12(27,28)8(19,20)4-36/h5-6,33-36H,1-4H2. The summed E-state index contributed by atoms with van der Waals surface area (Å²) in [5.41, 5.74) is 0. The Hall–Kier alpha value is -1.50. The van der Waals surface area contributed by atoms with Gasteiger partial charge in [-0.25, -0.2) is 8.78 Å². The Labute approximate surface area is 197 Å². The normalized spacial score (nSPS) is 17.1. The summed E-state index contributed by atoms with van der Waals surface area (Å²) in [6.07, 6.45) is -23.4. The molecule has 0 aliphatic carbocycles.